The lowest BCUT2D eigenvalue weighted by molar-refractivity contribution is -0.148. The van der Waals surface area contributed by atoms with Gasteiger partial charge in [0.15, 0.2) is 5.79 Å². The van der Waals surface area contributed by atoms with Crippen LogP contribution in [0.15, 0.2) is 28.1 Å². The van der Waals surface area contributed by atoms with Crippen molar-refractivity contribution in [3.05, 3.63) is 33.6 Å². The summed E-state index contributed by atoms with van der Waals surface area (Å²) in [4.78, 5) is 0. The Morgan fingerprint density at radius 1 is 1.31 bits per heavy atom. The number of hydrogen-bond acceptors (Lipinski definition) is 3. The number of halogens is 1. The van der Waals surface area contributed by atoms with Crippen LogP contribution in [0, 0.1) is 0 Å². The maximum atomic E-state index is 5.70. The van der Waals surface area contributed by atoms with Crippen LogP contribution in [0.1, 0.15) is 12.5 Å². The molecule has 0 atom stereocenters. The van der Waals surface area contributed by atoms with E-state index in [2.05, 4.69) is 39.5 Å². The monoisotopic (exact) mass is 298 g/mol. The van der Waals surface area contributed by atoms with Gasteiger partial charge >= 0.3 is 0 Å². The molecule has 0 saturated carbocycles. The zero-order valence-electron chi connectivity index (χ0n) is 8.83. The standard InChI is InChI=1S/C12H11BrO2S/c1-12(14-4-5-15-12)10-7-16-11-3-2-8(13)6-9(10)11/h2-3,6-7H,4-5H2,1H3. The van der Waals surface area contributed by atoms with Crippen molar-refractivity contribution >= 4 is 37.4 Å². The smallest absolute Gasteiger partial charge is 0.193 e. The van der Waals surface area contributed by atoms with Gasteiger partial charge in [0, 0.05) is 25.5 Å². The van der Waals surface area contributed by atoms with Gasteiger partial charge in [0.2, 0.25) is 0 Å². The Morgan fingerprint density at radius 3 is 2.81 bits per heavy atom. The molecule has 2 heterocycles. The molecular weight excluding hydrogens is 288 g/mol. The molecule has 3 rings (SSSR count). The molecule has 2 aromatic rings. The van der Waals surface area contributed by atoms with Crippen molar-refractivity contribution in [2.75, 3.05) is 13.2 Å². The van der Waals surface area contributed by atoms with Crippen molar-refractivity contribution in [1.29, 1.82) is 0 Å². The molecule has 1 aliphatic rings. The topological polar surface area (TPSA) is 18.5 Å². The number of benzene rings is 1. The molecule has 1 aromatic carbocycles. The largest absolute Gasteiger partial charge is 0.344 e. The first kappa shape index (κ1) is 10.7. The molecule has 1 fully saturated rings. The molecule has 0 bridgehead atoms. The van der Waals surface area contributed by atoms with Gasteiger partial charge in [-0.25, -0.2) is 0 Å². The fourth-order valence-electron chi connectivity index (χ4n) is 2.02. The predicted molar refractivity (Wildman–Crippen MR) is 68.8 cm³/mol. The first-order chi connectivity index (χ1) is 7.69. The summed E-state index contributed by atoms with van der Waals surface area (Å²) in [7, 11) is 0. The van der Waals surface area contributed by atoms with Crippen LogP contribution in [0.2, 0.25) is 0 Å². The van der Waals surface area contributed by atoms with E-state index in [9.17, 15) is 0 Å². The van der Waals surface area contributed by atoms with Crippen LogP contribution >= 0.6 is 27.3 Å². The lowest BCUT2D eigenvalue weighted by Crippen LogP contribution is -2.21. The van der Waals surface area contributed by atoms with Gasteiger partial charge < -0.3 is 9.47 Å². The predicted octanol–water partition coefficient (Wildman–Crippen LogP) is 3.88. The number of thiophene rings is 1. The van der Waals surface area contributed by atoms with Crippen molar-refractivity contribution in [1.82, 2.24) is 0 Å². The minimum absolute atomic E-state index is 0.570. The van der Waals surface area contributed by atoms with Crippen LogP contribution in [0.5, 0.6) is 0 Å². The summed E-state index contributed by atoms with van der Waals surface area (Å²) in [6.07, 6.45) is 0. The Kier molecular flexibility index (Phi) is 2.55. The van der Waals surface area contributed by atoms with Gasteiger partial charge in [-0.2, -0.15) is 0 Å². The quantitative estimate of drug-likeness (QED) is 0.795. The molecule has 16 heavy (non-hydrogen) atoms. The van der Waals surface area contributed by atoms with Crippen LogP contribution < -0.4 is 0 Å². The van der Waals surface area contributed by atoms with Crippen LogP contribution in [0.3, 0.4) is 0 Å². The Bertz CT molecular complexity index is 529. The second-order valence-corrected chi connectivity index (χ2v) is 5.76. The van der Waals surface area contributed by atoms with Gasteiger partial charge in [-0.15, -0.1) is 11.3 Å². The summed E-state index contributed by atoms with van der Waals surface area (Å²) >= 11 is 5.23. The van der Waals surface area contributed by atoms with Crippen molar-refractivity contribution in [3.8, 4) is 0 Å². The molecule has 0 amide bonds. The second kappa shape index (κ2) is 3.81. The molecule has 0 N–H and O–H groups in total. The van der Waals surface area contributed by atoms with E-state index in [0.29, 0.717) is 13.2 Å². The van der Waals surface area contributed by atoms with E-state index < -0.39 is 5.79 Å². The fourth-order valence-corrected chi connectivity index (χ4v) is 3.41. The zero-order chi connectivity index (χ0) is 11.2. The first-order valence-electron chi connectivity index (χ1n) is 5.14. The Labute approximate surface area is 106 Å². The highest BCUT2D eigenvalue weighted by Gasteiger charge is 2.35. The molecule has 84 valence electrons. The van der Waals surface area contributed by atoms with E-state index in [1.54, 1.807) is 11.3 Å². The van der Waals surface area contributed by atoms with Gasteiger partial charge in [-0.3, -0.25) is 0 Å². The van der Waals surface area contributed by atoms with Crippen LogP contribution in [-0.2, 0) is 15.3 Å². The normalized spacial score (nSPS) is 19.4. The Balaban J connectivity index is 2.19. The highest BCUT2D eigenvalue weighted by Crippen LogP contribution is 2.39. The van der Waals surface area contributed by atoms with Crippen molar-refractivity contribution in [2.24, 2.45) is 0 Å². The maximum absolute atomic E-state index is 5.70. The molecule has 0 radical (unpaired) electrons. The molecular formula is C12H11BrO2S. The lowest BCUT2D eigenvalue weighted by atomic mass is 10.1. The van der Waals surface area contributed by atoms with Crippen molar-refractivity contribution in [3.63, 3.8) is 0 Å². The number of fused-ring (bicyclic) bond motifs is 1. The number of hydrogen-bond donors (Lipinski definition) is 0. The summed E-state index contributed by atoms with van der Waals surface area (Å²) in [5, 5.41) is 3.34. The van der Waals surface area contributed by atoms with Crippen LogP contribution in [-0.4, -0.2) is 13.2 Å². The first-order valence-corrected chi connectivity index (χ1v) is 6.81. The minimum Gasteiger partial charge on any atom is -0.344 e. The number of ether oxygens (including phenoxy) is 2. The second-order valence-electron chi connectivity index (χ2n) is 3.93. The molecule has 4 heteroatoms. The van der Waals surface area contributed by atoms with Gasteiger partial charge in [-0.1, -0.05) is 15.9 Å². The summed E-state index contributed by atoms with van der Waals surface area (Å²) in [5.41, 5.74) is 1.13. The molecule has 1 aliphatic heterocycles. The molecule has 0 spiro atoms. The van der Waals surface area contributed by atoms with Gasteiger partial charge in [-0.05, 0) is 25.1 Å². The maximum Gasteiger partial charge on any atom is 0.193 e. The van der Waals surface area contributed by atoms with Crippen LogP contribution in [0.25, 0.3) is 10.1 Å². The molecule has 0 unspecified atom stereocenters. The highest BCUT2D eigenvalue weighted by atomic mass is 79.9. The SMILES string of the molecule is CC1(c2csc3ccc(Br)cc23)OCCO1. The van der Waals surface area contributed by atoms with E-state index in [-0.39, 0.29) is 0 Å². The van der Waals surface area contributed by atoms with E-state index in [4.69, 9.17) is 9.47 Å². The van der Waals surface area contributed by atoms with E-state index in [1.807, 2.05) is 6.92 Å². The fraction of sp³-hybridized carbons (Fsp3) is 0.333. The van der Waals surface area contributed by atoms with Gasteiger partial charge in [0.25, 0.3) is 0 Å². The van der Waals surface area contributed by atoms with Crippen molar-refractivity contribution < 1.29 is 9.47 Å². The van der Waals surface area contributed by atoms with E-state index in [0.717, 1.165) is 10.0 Å². The number of rotatable bonds is 1. The zero-order valence-corrected chi connectivity index (χ0v) is 11.2. The lowest BCUT2D eigenvalue weighted by Gasteiger charge is -2.21. The Morgan fingerprint density at radius 2 is 2.06 bits per heavy atom. The molecule has 1 saturated heterocycles. The van der Waals surface area contributed by atoms with E-state index >= 15 is 0 Å². The summed E-state index contributed by atoms with van der Waals surface area (Å²) in [5.74, 6) is -0.570. The average molecular weight is 299 g/mol. The van der Waals surface area contributed by atoms with Crippen LogP contribution in [0.4, 0.5) is 0 Å². The molecule has 0 aliphatic carbocycles. The third kappa shape index (κ3) is 1.61. The van der Waals surface area contributed by atoms with Crippen molar-refractivity contribution in [2.45, 2.75) is 12.7 Å². The summed E-state index contributed by atoms with van der Waals surface area (Å²) < 4.78 is 13.8. The third-order valence-electron chi connectivity index (χ3n) is 2.86. The minimum atomic E-state index is -0.570. The van der Waals surface area contributed by atoms with E-state index in [1.165, 1.54) is 10.1 Å². The molecule has 1 aromatic heterocycles. The summed E-state index contributed by atoms with van der Waals surface area (Å²) in [6.45, 7) is 3.33. The summed E-state index contributed by atoms with van der Waals surface area (Å²) in [6, 6.07) is 6.30. The third-order valence-corrected chi connectivity index (χ3v) is 4.32. The molecule has 2 nitrogen and oxygen atoms in total. The highest BCUT2D eigenvalue weighted by molar-refractivity contribution is 9.10. The Hall–Kier alpha value is -0.420. The van der Waals surface area contributed by atoms with Gasteiger partial charge in [0.05, 0.1) is 13.2 Å². The van der Waals surface area contributed by atoms with Gasteiger partial charge in [0.1, 0.15) is 0 Å². The average Bonchev–Trinajstić information content (AvgIpc) is 2.84.